The van der Waals surface area contributed by atoms with Crippen molar-refractivity contribution in [1.29, 1.82) is 0 Å². The van der Waals surface area contributed by atoms with Crippen LogP contribution >= 0.6 is 11.3 Å². The molecule has 0 fully saturated rings. The molecule has 2 rings (SSSR count). The molecule has 0 atom stereocenters. The fourth-order valence-corrected chi connectivity index (χ4v) is 3.75. The standard InChI is InChI=1S/C21H24N2O5S/c1-5-27-15-10-8-7-9-14(15)11-12-16(24)23-20-17(21(26)28-6-2)13(3)18(29-20)19(25)22-4/h7-12H,5-6H2,1-4H3,(H,22,25)(H,23,24)/b12-11+. The summed E-state index contributed by atoms with van der Waals surface area (Å²) >= 11 is 1.03. The van der Waals surface area contributed by atoms with E-state index in [4.69, 9.17) is 9.47 Å². The number of amides is 2. The third-order valence-electron chi connectivity index (χ3n) is 3.93. The molecule has 0 unspecified atom stereocenters. The first kappa shape index (κ1) is 22.2. The van der Waals surface area contributed by atoms with Crippen molar-refractivity contribution < 1.29 is 23.9 Å². The molecular weight excluding hydrogens is 392 g/mol. The minimum Gasteiger partial charge on any atom is -0.493 e. The Morgan fingerprint density at radius 3 is 2.52 bits per heavy atom. The molecule has 0 aliphatic rings. The number of para-hydroxylation sites is 1. The number of benzene rings is 1. The number of nitrogens with one attached hydrogen (secondary N) is 2. The summed E-state index contributed by atoms with van der Waals surface area (Å²) in [5.41, 5.74) is 1.41. The summed E-state index contributed by atoms with van der Waals surface area (Å²) in [6.07, 6.45) is 2.98. The number of esters is 1. The van der Waals surface area contributed by atoms with Crippen molar-refractivity contribution in [2.75, 3.05) is 25.6 Å². The lowest BCUT2D eigenvalue weighted by Crippen LogP contribution is -2.17. The zero-order chi connectivity index (χ0) is 21.4. The summed E-state index contributed by atoms with van der Waals surface area (Å²) in [6, 6.07) is 7.34. The molecule has 0 aliphatic heterocycles. The van der Waals surface area contributed by atoms with Gasteiger partial charge < -0.3 is 20.1 Å². The molecule has 0 aliphatic carbocycles. The Labute approximate surface area is 173 Å². The topological polar surface area (TPSA) is 93.7 Å². The maximum absolute atomic E-state index is 12.5. The summed E-state index contributed by atoms with van der Waals surface area (Å²) in [5, 5.41) is 5.48. The van der Waals surface area contributed by atoms with Crippen LogP contribution in [0.15, 0.2) is 30.3 Å². The first-order chi connectivity index (χ1) is 13.9. The highest BCUT2D eigenvalue weighted by molar-refractivity contribution is 7.18. The van der Waals surface area contributed by atoms with Crippen molar-refractivity contribution >= 4 is 40.2 Å². The van der Waals surface area contributed by atoms with E-state index in [0.717, 1.165) is 16.9 Å². The van der Waals surface area contributed by atoms with Gasteiger partial charge in [0.1, 0.15) is 10.8 Å². The van der Waals surface area contributed by atoms with Crippen molar-refractivity contribution in [2.45, 2.75) is 20.8 Å². The fourth-order valence-electron chi connectivity index (χ4n) is 2.60. The van der Waals surface area contributed by atoms with Crippen LogP contribution in [-0.2, 0) is 9.53 Å². The molecule has 2 N–H and O–H groups in total. The number of carbonyl (C=O) groups is 3. The minimum absolute atomic E-state index is 0.185. The van der Waals surface area contributed by atoms with E-state index in [1.807, 2.05) is 31.2 Å². The second-order valence-corrected chi connectivity index (χ2v) is 6.87. The second kappa shape index (κ2) is 10.4. The molecule has 0 radical (unpaired) electrons. The van der Waals surface area contributed by atoms with Crippen LogP contribution in [0.5, 0.6) is 5.75 Å². The Kier molecular flexibility index (Phi) is 7.97. The third-order valence-corrected chi connectivity index (χ3v) is 5.14. The molecule has 2 amide bonds. The maximum Gasteiger partial charge on any atom is 0.341 e. The van der Waals surface area contributed by atoms with E-state index in [2.05, 4.69) is 10.6 Å². The first-order valence-electron chi connectivity index (χ1n) is 9.16. The lowest BCUT2D eigenvalue weighted by atomic mass is 10.1. The van der Waals surface area contributed by atoms with Crippen LogP contribution < -0.4 is 15.4 Å². The van der Waals surface area contributed by atoms with Gasteiger partial charge >= 0.3 is 5.97 Å². The Bertz CT molecular complexity index is 933. The van der Waals surface area contributed by atoms with E-state index >= 15 is 0 Å². The number of rotatable bonds is 8. The SMILES string of the molecule is CCOC(=O)c1c(NC(=O)/C=C/c2ccccc2OCC)sc(C(=O)NC)c1C. The van der Waals surface area contributed by atoms with E-state index < -0.39 is 11.9 Å². The van der Waals surface area contributed by atoms with Crippen LogP contribution in [0.2, 0.25) is 0 Å². The van der Waals surface area contributed by atoms with Crippen molar-refractivity contribution in [3.05, 3.63) is 51.9 Å². The summed E-state index contributed by atoms with van der Waals surface area (Å²) in [4.78, 5) is 37.2. The summed E-state index contributed by atoms with van der Waals surface area (Å²) in [6.45, 7) is 5.92. The van der Waals surface area contributed by atoms with Gasteiger partial charge in [0.2, 0.25) is 5.91 Å². The molecule has 2 aromatic rings. The highest BCUT2D eigenvalue weighted by atomic mass is 32.1. The van der Waals surface area contributed by atoms with Gasteiger partial charge in [-0.05, 0) is 38.5 Å². The number of carbonyl (C=O) groups excluding carboxylic acids is 3. The number of anilines is 1. The van der Waals surface area contributed by atoms with E-state index in [-0.39, 0.29) is 23.1 Å². The van der Waals surface area contributed by atoms with Gasteiger partial charge in [0.25, 0.3) is 5.91 Å². The first-order valence-corrected chi connectivity index (χ1v) is 9.97. The molecular formula is C21H24N2O5S. The average molecular weight is 416 g/mol. The molecule has 8 heteroatoms. The van der Waals surface area contributed by atoms with E-state index in [1.54, 1.807) is 19.9 Å². The third kappa shape index (κ3) is 5.45. The van der Waals surface area contributed by atoms with Crippen LogP contribution in [0, 0.1) is 6.92 Å². The number of hydrogen-bond acceptors (Lipinski definition) is 6. The largest absolute Gasteiger partial charge is 0.493 e. The van der Waals surface area contributed by atoms with Crippen LogP contribution in [0.25, 0.3) is 6.08 Å². The highest BCUT2D eigenvalue weighted by Gasteiger charge is 2.25. The molecule has 1 aromatic heterocycles. The molecule has 1 aromatic carbocycles. The lowest BCUT2D eigenvalue weighted by Gasteiger charge is -2.07. The molecule has 29 heavy (non-hydrogen) atoms. The van der Waals surface area contributed by atoms with Gasteiger partial charge in [-0.15, -0.1) is 11.3 Å². The molecule has 0 saturated heterocycles. The summed E-state index contributed by atoms with van der Waals surface area (Å²) in [7, 11) is 1.50. The Morgan fingerprint density at radius 1 is 1.14 bits per heavy atom. The molecule has 0 bridgehead atoms. The fraction of sp³-hybridized carbons (Fsp3) is 0.286. The smallest absolute Gasteiger partial charge is 0.341 e. The predicted molar refractivity (Wildman–Crippen MR) is 114 cm³/mol. The van der Waals surface area contributed by atoms with Crippen molar-refractivity contribution in [2.24, 2.45) is 0 Å². The highest BCUT2D eigenvalue weighted by Crippen LogP contribution is 2.34. The van der Waals surface area contributed by atoms with Crippen LogP contribution in [0.4, 0.5) is 5.00 Å². The molecule has 1 heterocycles. The predicted octanol–water partition coefficient (Wildman–Crippen LogP) is 3.64. The van der Waals surface area contributed by atoms with Crippen molar-refractivity contribution in [3.63, 3.8) is 0 Å². The van der Waals surface area contributed by atoms with E-state index in [1.165, 1.54) is 13.1 Å². The second-order valence-electron chi connectivity index (χ2n) is 5.85. The maximum atomic E-state index is 12.5. The summed E-state index contributed by atoms with van der Waals surface area (Å²) in [5.74, 6) is -0.691. The Hall–Kier alpha value is -3.13. The number of ether oxygens (including phenoxy) is 2. The molecule has 154 valence electrons. The normalized spacial score (nSPS) is 10.6. The van der Waals surface area contributed by atoms with Gasteiger partial charge in [-0.3, -0.25) is 9.59 Å². The molecule has 0 saturated carbocycles. The van der Waals surface area contributed by atoms with Crippen molar-refractivity contribution in [1.82, 2.24) is 5.32 Å². The van der Waals surface area contributed by atoms with Gasteiger partial charge in [0.05, 0.1) is 23.7 Å². The van der Waals surface area contributed by atoms with E-state index in [9.17, 15) is 14.4 Å². The van der Waals surface area contributed by atoms with Gasteiger partial charge in [0.15, 0.2) is 0 Å². The van der Waals surface area contributed by atoms with Crippen LogP contribution in [0.1, 0.15) is 45.0 Å². The molecule has 7 nitrogen and oxygen atoms in total. The van der Waals surface area contributed by atoms with Gasteiger partial charge in [0, 0.05) is 18.7 Å². The van der Waals surface area contributed by atoms with Crippen LogP contribution in [0.3, 0.4) is 0 Å². The Balaban J connectivity index is 2.29. The monoisotopic (exact) mass is 416 g/mol. The van der Waals surface area contributed by atoms with E-state index in [0.29, 0.717) is 22.8 Å². The number of thiophene rings is 1. The van der Waals surface area contributed by atoms with Gasteiger partial charge in [-0.25, -0.2) is 4.79 Å². The Morgan fingerprint density at radius 2 is 1.86 bits per heavy atom. The zero-order valence-electron chi connectivity index (χ0n) is 16.8. The molecule has 0 spiro atoms. The minimum atomic E-state index is -0.586. The van der Waals surface area contributed by atoms with Crippen LogP contribution in [-0.4, -0.2) is 38.0 Å². The van der Waals surface area contributed by atoms with Crippen molar-refractivity contribution in [3.8, 4) is 5.75 Å². The quantitative estimate of drug-likeness (QED) is 0.506. The average Bonchev–Trinajstić information content (AvgIpc) is 3.03. The van der Waals surface area contributed by atoms with Gasteiger partial charge in [-0.1, -0.05) is 18.2 Å². The number of hydrogen-bond donors (Lipinski definition) is 2. The summed E-state index contributed by atoms with van der Waals surface area (Å²) < 4.78 is 10.6. The van der Waals surface area contributed by atoms with Gasteiger partial charge in [-0.2, -0.15) is 0 Å². The lowest BCUT2D eigenvalue weighted by molar-refractivity contribution is -0.111. The zero-order valence-corrected chi connectivity index (χ0v) is 17.6.